The van der Waals surface area contributed by atoms with Gasteiger partial charge in [0.25, 0.3) is 0 Å². The fourth-order valence-electron chi connectivity index (χ4n) is 3.17. The second-order valence-corrected chi connectivity index (χ2v) is 6.54. The first kappa shape index (κ1) is 14.9. The summed E-state index contributed by atoms with van der Waals surface area (Å²) < 4.78 is 26.7. The summed E-state index contributed by atoms with van der Waals surface area (Å²) in [4.78, 5) is 2.32. The fourth-order valence-corrected chi connectivity index (χ4v) is 3.17. The highest BCUT2D eigenvalue weighted by Crippen LogP contribution is 2.29. The maximum atomic E-state index is 13.3. The molecule has 1 aromatic carbocycles. The molecule has 0 radical (unpaired) electrons. The summed E-state index contributed by atoms with van der Waals surface area (Å²) in [5.74, 6) is -0.0621. The molecule has 0 bridgehead atoms. The third-order valence-corrected chi connectivity index (χ3v) is 4.84. The van der Waals surface area contributed by atoms with Gasteiger partial charge in [-0.25, -0.2) is 8.78 Å². The summed E-state index contributed by atoms with van der Waals surface area (Å²) in [7, 11) is 0. The van der Waals surface area contributed by atoms with E-state index in [1.807, 2.05) is 6.92 Å². The van der Waals surface area contributed by atoms with Crippen LogP contribution in [0.3, 0.4) is 0 Å². The molecule has 2 nitrogen and oxygen atoms in total. The van der Waals surface area contributed by atoms with E-state index in [2.05, 4.69) is 10.2 Å². The van der Waals surface area contributed by atoms with E-state index in [0.29, 0.717) is 6.04 Å². The monoisotopic (exact) mass is 294 g/mol. The Morgan fingerprint density at radius 3 is 2.29 bits per heavy atom. The molecule has 1 unspecified atom stereocenters. The van der Waals surface area contributed by atoms with E-state index in [1.54, 1.807) is 0 Å². The molecule has 21 heavy (non-hydrogen) atoms. The average molecular weight is 294 g/mol. The molecule has 0 amide bonds. The number of halogens is 2. The molecule has 1 N–H and O–H groups in total. The third-order valence-electron chi connectivity index (χ3n) is 4.84. The van der Waals surface area contributed by atoms with Gasteiger partial charge >= 0.3 is 0 Å². The second kappa shape index (κ2) is 6.41. The van der Waals surface area contributed by atoms with E-state index in [-0.39, 0.29) is 6.04 Å². The Labute approximate surface area is 125 Å². The predicted molar refractivity (Wildman–Crippen MR) is 80.1 cm³/mol. The van der Waals surface area contributed by atoms with E-state index in [9.17, 15) is 8.78 Å². The van der Waals surface area contributed by atoms with Gasteiger partial charge in [-0.3, -0.25) is 4.90 Å². The van der Waals surface area contributed by atoms with Crippen molar-refractivity contribution in [3.63, 3.8) is 0 Å². The highest BCUT2D eigenvalue weighted by Gasteiger charge is 2.26. The molecule has 1 heterocycles. The van der Waals surface area contributed by atoms with Crippen LogP contribution < -0.4 is 5.32 Å². The lowest BCUT2D eigenvalue weighted by atomic mass is 10.00. The van der Waals surface area contributed by atoms with Gasteiger partial charge < -0.3 is 5.32 Å². The largest absolute Gasteiger partial charge is 0.314 e. The van der Waals surface area contributed by atoms with Crippen LogP contribution in [-0.2, 0) is 0 Å². The van der Waals surface area contributed by atoms with E-state index in [1.165, 1.54) is 25.0 Å². The number of hydrogen-bond acceptors (Lipinski definition) is 2. The second-order valence-electron chi connectivity index (χ2n) is 6.54. The third kappa shape index (κ3) is 4.01. The summed E-state index contributed by atoms with van der Waals surface area (Å²) in [6, 6.07) is 4.51. The van der Waals surface area contributed by atoms with Crippen molar-refractivity contribution in [2.24, 2.45) is 5.92 Å². The molecule has 1 aromatic rings. The molecule has 2 fully saturated rings. The van der Waals surface area contributed by atoms with E-state index in [4.69, 9.17) is 0 Å². The van der Waals surface area contributed by atoms with E-state index in [0.717, 1.165) is 50.0 Å². The maximum absolute atomic E-state index is 13.3. The Hall–Kier alpha value is -1.00. The SMILES string of the molecule is CC(c1cc(F)cc(F)c1)N1CCC(NCC2CC2)CC1. The van der Waals surface area contributed by atoms with Gasteiger partial charge in [0.2, 0.25) is 0 Å². The van der Waals surface area contributed by atoms with Gasteiger partial charge in [-0.1, -0.05) is 0 Å². The molecule has 0 spiro atoms. The Morgan fingerprint density at radius 1 is 1.10 bits per heavy atom. The molecule has 1 aliphatic heterocycles. The number of hydrogen-bond donors (Lipinski definition) is 1. The van der Waals surface area contributed by atoms with Crippen molar-refractivity contribution in [3.05, 3.63) is 35.4 Å². The smallest absolute Gasteiger partial charge is 0.126 e. The first-order valence-corrected chi connectivity index (χ1v) is 8.05. The summed E-state index contributed by atoms with van der Waals surface area (Å²) in [6.45, 7) is 5.17. The molecule has 116 valence electrons. The van der Waals surface area contributed by atoms with Crippen molar-refractivity contribution in [1.29, 1.82) is 0 Å². The van der Waals surface area contributed by atoms with Crippen molar-refractivity contribution in [1.82, 2.24) is 10.2 Å². The van der Waals surface area contributed by atoms with Gasteiger partial charge in [-0.15, -0.1) is 0 Å². The number of rotatable bonds is 5. The van der Waals surface area contributed by atoms with Crippen LogP contribution in [0.4, 0.5) is 8.78 Å². The van der Waals surface area contributed by atoms with Gasteiger partial charge in [-0.05, 0) is 62.8 Å². The molecule has 4 heteroatoms. The Balaban J connectivity index is 1.52. The van der Waals surface area contributed by atoms with Crippen molar-refractivity contribution in [2.75, 3.05) is 19.6 Å². The lowest BCUT2D eigenvalue weighted by molar-refractivity contribution is 0.152. The van der Waals surface area contributed by atoms with Crippen LogP contribution >= 0.6 is 0 Å². The summed E-state index contributed by atoms with van der Waals surface area (Å²) in [5, 5.41) is 3.65. The standard InChI is InChI=1S/C17H24F2N2/c1-12(14-8-15(18)10-16(19)9-14)21-6-4-17(5-7-21)20-11-13-2-3-13/h8-10,12-13,17,20H,2-7,11H2,1H3. The van der Waals surface area contributed by atoms with Crippen molar-refractivity contribution < 1.29 is 8.78 Å². The molecule has 1 saturated carbocycles. The molecular weight excluding hydrogens is 270 g/mol. The van der Waals surface area contributed by atoms with Crippen LogP contribution in [0.25, 0.3) is 0 Å². The molecule has 3 rings (SSSR count). The number of nitrogens with zero attached hydrogens (tertiary/aromatic N) is 1. The highest BCUT2D eigenvalue weighted by atomic mass is 19.1. The quantitative estimate of drug-likeness (QED) is 0.894. The minimum absolute atomic E-state index is 0.0691. The Bertz CT molecular complexity index is 459. The fraction of sp³-hybridized carbons (Fsp3) is 0.647. The highest BCUT2D eigenvalue weighted by molar-refractivity contribution is 5.21. The average Bonchev–Trinajstić information content (AvgIpc) is 3.28. The van der Waals surface area contributed by atoms with Crippen LogP contribution in [0.2, 0.25) is 0 Å². The first-order valence-electron chi connectivity index (χ1n) is 8.05. The maximum Gasteiger partial charge on any atom is 0.126 e. The molecule has 2 aliphatic rings. The van der Waals surface area contributed by atoms with Crippen LogP contribution in [0.5, 0.6) is 0 Å². The van der Waals surface area contributed by atoms with Crippen molar-refractivity contribution >= 4 is 0 Å². The number of benzene rings is 1. The zero-order valence-electron chi connectivity index (χ0n) is 12.6. The van der Waals surface area contributed by atoms with Crippen LogP contribution in [0.15, 0.2) is 18.2 Å². The first-order chi connectivity index (χ1) is 10.1. The number of likely N-dealkylation sites (tertiary alicyclic amines) is 1. The molecular formula is C17H24F2N2. The summed E-state index contributed by atoms with van der Waals surface area (Å²) >= 11 is 0. The summed E-state index contributed by atoms with van der Waals surface area (Å²) in [5.41, 5.74) is 0.733. The summed E-state index contributed by atoms with van der Waals surface area (Å²) in [6.07, 6.45) is 5.01. The molecule has 1 saturated heterocycles. The normalized spacial score (nSPS) is 22.4. The van der Waals surface area contributed by atoms with Crippen LogP contribution in [-0.4, -0.2) is 30.6 Å². The molecule has 1 aliphatic carbocycles. The lowest BCUT2D eigenvalue weighted by Crippen LogP contribution is -2.43. The van der Waals surface area contributed by atoms with Gasteiger partial charge in [-0.2, -0.15) is 0 Å². The number of nitrogens with one attached hydrogen (secondary N) is 1. The Kier molecular flexibility index (Phi) is 4.55. The van der Waals surface area contributed by atoms with E-state index < -0.39 is 11.6 Å². The predicted octanol–water partition coefficient (Wildman–Crippen LogP) is 3.49. The minimum Gasteiger partial charge on any atom is -0.314 e. The number of piperidine rings is 1. The molecule has 0 aromatic heterocycles. The van der Waals surface area contributed by atoms with Gasteiger partial charge in [0.05, 0.1) is 0 Å². The zero-order valence-corrected chi connectivity index (χ0v) is 12.6. The minimum atomic E-state index is -0.488. The van der Waals surface area contributed by atoms with Gasteiger partial charge in [0.15, 0.2) is 0 Å². The van der Waals surface area contributed by atoms with Gasteiger partial charge in [0, 0.05) is 31.2 Å². The van der Waals surface area contributed by atoms with Crippen LogP contribution in [0.1, 0.15) is 44.2 Å². The molecule has 1 atom stereocenters. The van der Waals surface area contributed by atoms with Crippen molar-refractivity contribution in [3.8, 4) is 0 Å². The van der Waals surface area contributed by atoms with Gasteiger partial charge in [0.1, 0.15) is 11.6 Å². The Morgan fingerprint density at radius 2 is 1.71 bits per heavy atom. The van der Waals surface area contributed by atoms with Crippen molar-refractivity contribution in [2.45, 2.75) is 44.7 Å². The zero-order chi connectivity index (χ0) is 14.8. The van der Waals surface area contributed by atoms with Crippen LogP contribution in [0, 0.1) is 17.6 Å². The lowest BCUT2D eigenvalue weighted by Gasteiger charge is -2.36. The van der Waals surface area contributed by atoms with E-state index >= 15 is 0 Å². The topological polar surface area (TPSA) is 15.3 Å².